The largest absolute Gasteiger partial charge is 0.369 e. The molecule has 0 spiro atoms. The van der Waals surface area contributed by atoms with Crippen LogP contribution in [0.4, 0.5) is 5.82 Å². The van der Waals surface area contributed by atoms with Gasteiger partial charge in [-0.3, -0.25) is 9.55 Å². The molecule has 24 heavy (non-hydrogen) atoms. The normalized spacial score (nSPS) is 11.4. The summed E-state index contributed by atoms with van der Waals surface area (Å²) >= 11 is 0. The third-order valence-electron chi connectivity index (χ3n) is 4.27. The third kappa shape index (κ3) is 3.10. The summed E-state index contributed by atoms with van der Waals surface area (Å²) in [6.07, 6.45) is 6.34. The molecule has 0 aromatic carbocycles. The molecular weight excluding hydrogens is 300 g/mol. The van der Waals surface area contributed by atoms with E-state index in [1.54, 1.807) is 12.5 Å². The molecule has 0 unspecified atom stereocenters. The Labute approximate surface area is 142 Å². The first kappa shape index (κ1) is 16.4. The van der Waals surface area contributed by atoms with E-state index in [0.717, 1.165) is 47.7 Å². The lowest BCUT2D eigenvalue weighted by Crippen LogP contribution is -2.16. The van der Waals surface area contributed by atoms with Gasteiger partial charge in [0.05, 0.1) is 17.3 Å². The Morgan fingerprint density at radius 3 is 2.75 bits per heavy atom. The van der Waals surface area contributed by atoms with Crippen LogP contribution in [-0.4, -0.2) is 51.6 Å². The fourth-order valence-corrected chi connectivity index (χ4v) is 2.94. The first-order valence-electron chi connectivity index (χ1n) is 8.21. The topological polar surface area (TPSA) is 58.9 Å². The van der Waals surface area contributed by atoms with E-state index in [1.165, 1.54) is 5.56 Å². The molecule has 0 fully saturated rings. The van der Waals surface area contributed by atoms with E-state index in [1.807, 2.05) is 18.3 Å². The van der Waals surface area contributed by atoms with Crippen molar-refractivity contribution in [2.75, 3.05) is 32.5 Å². The van der Waals surface area contributed by atoms with Crippen LogP contribution in [0.1, 0.15) is 17.7 Å². The summed E-state index contributed by atoms with van der Waals surface area (Å²) in [7, 11) is 4.18. The maximum absolute atomic E-state index is 4.53. The zero-order valence-corrected chi connectivity index (χ0v) is 14.7. The Balaban J connectivity index is 1.99. The van der Waals surface area contributed by atoms with E-state index in [0.29, 0.717) is 0 Å². The minimum absolute atomic E-state index is 0.890. The average Bonchev–Trinajstić information content (AvgIpc) is 2.84. The van der Waals surface area contributed by atoms with Crippen LogP contribution in [0.25, 0.3) is 16.7 Å². The van der Waals surface area contributed by atoms with Crippen molar-refractivity contribution in [1.29, 1.82) is 0 Å². The second-order valence-electron chi connectivity index (χ2n) is 6.26. The predicted molar refractivity (Wildman–Crippen MR) is 97.8 cm³/mol. The van der Waals surface area contributed by atoms with Gasteiger partial charge in [0.15, 0.2) is 5.65 Å². The highest BCUT2D eigenvalue weighted by Crippen LogP contribution is 2.30. The van der Waals surface area contributed by atoms with E-state index in [4.69, 9.17) is 0 Å². The molecule has 0 bridgehead atoms. The minimum Gasteiger partial charge on any atom is -0.369 e. The van der Waals surface area contributed by atoms with Crippen molar-refractivity contribution in [3.63, 3.8) is 0 Å². The molecule has 0 aliphatic carbocycles. The van der Waals surface area contributed by atoms with Gasteiger partial charge in [-0.05, 0) is 58.6 Å². The van der Waals surface area contributed by atoms with Crippen LogP contribution in [0.3, 0.4) is 0 Å². The summed E-state index contributed by atoms with van der Waals surface area (Å²) in [6.45, 7) is 6.18. The van der Waals surface area contributed by atoms with E-state index < -0.39 is 0 Å². The molecule has 3 heterocycles. The number of hydrogen-bond donors (Lipinski definition) is 1. The summed E-state index contributed by atoms with van der Waals surface area (Å²) in [5.41, 5.74) is 4.30. The number of anilines is 1. The highest BCUT2D eigenvalue weighted by Gasteiger charge is 2.17. The molecule has 0 saturated heterocycles. The number of fused-ring (bicyclic) bond motifs is 1. The second kappa shape index (κ2) is 6.97. The summed E-state index contributed by atoms with van der Waals surface area (Å²) < 4.78 is 2.14. The van der Waals surface area contributed by atoms with Gasteiger partial charge in [0.25, 0.3) is 0 Å². The maximum Gasteiger partial charge on any atom is 0.150 e. The van der Waals surface area contributed by atoms with Crippen molar-refractivity contribution in [2.24, 2.45) is 0 Å². The van der Waals surface area contributed by atoms with Gasteiger partial charge in [-0.1, -0.05) is 0 Å². The van der Waals surface area contributed by atoms with Gasteiger partial charge in [-0.2, -0.15) is 0 Å². The molecule has 0 saturated carbocycles. The summed E-state index contributed by atoms with van der Waals surface area (Å²) in [5, 5.41) is 4.56. The molecule has 1 N–H and O–H groups in total. The number of pyridine rings is 1. The number of nitrogens with zero attached hydrogens (tertiary/aromatic N) is 5. The number of nitrogens with one attached hydrogen (secondary N) is 1. The quantitative estimate of drug-likeness (QED) is 0.707. The zero-order valence-electron chi connectivity index (χ0n) is 14.7. The molecule has 3 rings (SSSR count). The summed E-state index contributed by atoms with van der Waals surface area (Å²) in [4.78, 5) is 15.4. The van der Waals surface area contributed by atoms with Gasteiger partial charge in [-0.25, -0.2) is 9.97 Å². The SMILES string of the molecule is Cc1c(C)n(-c2cccnc2)c2ncnc(NCCCN(C)C)c12. The van der Waals surface area contributed by atoms with E-state index in [9.17, 15) is 0 Å². The molecule has 6 heteroatoms. The second-order valence-corrected chi connectivity index (χ2v) is 6.26. The molecule has 0 amide bonds. The number of hydrogen-bond acceptors (Lipinski definition) is 5. The van der Waals surface area contributed by atoms with E-state index >= 15 is 0 Å². The molecule has 0 atom stereocenters. The van der Waals surface area contributed by atoms with E-state index in [-0.39, 0.29) is 0 Å². The molecule has 126 valence electrons. The van der Waals surface area contributed by atoms with Crippen molar-refractivity contribution in [3.8, 4) is 5.69 Å². The Bertz CT molecular complexity index is 822. The standard InChI is InChI=1S/C18H24N6/c1-13-14(2)24(15-7-5-8-19-11-15)18-16(13)17(21-12-22-18)20-9-6-10-23(3)4/h5,7-8,11-12H,6,9-10H2,1-4H3,(H,20,21,22). The molecule has 3 aromatic rings. The van der Waals surface area contributed by atoms with Crippen LogP contribution in [-0.2, 0) is 0 Å². The fraction of sp³-hybridized carbons (Fsp3) is 0.389. The van der Waals surface area contributed by atoms with Crippen LogP contribution in [0.2, 0.25) is 0 Å². The first-order valence-corrected chi connectivity index (χ1v) is 8.21. The number of aromatic nitrogens is 4. The lowest BCUT2D eigenvalue weighted by molar-refractivity contribution is 0.405. The van der Waals surface area contributed by atoms with Gasteiger partial charge in [-0.15, -0.1) is 0 Å². The van der Waals surface area contributed by atoms with Crippen molar-refractivity contribution < 1.29 is 0 Å². The third-order valence-corrected chi connectivity index (χ3v) is 4.27. The summed E-state index contributed by atoms with van der Waals surface area (Å²) in [6, 6.07) is 3.99. The average molecular weight is 324 g/mol. The van der Waals surface area contributed by atoms with Gasteiger partial charge >= 0.3 is 0 Å². The van der Waals surface area contributed by atoms with E-state index in [2.05, 4.69) is 57.7 Å². The molecule has 3 aromatic heterocycles. The monoisotopic (exact) mass is 324 g/mol. The highest BCUT2D eigenvalue weighted by atomic mass is 15.1. The number of rotatable bonds is 6. The fourth-order valence-electron chi connectivity index (χ4n) is 2.94. The van der Waals surface area contributed by atoms with Crippen LogP contribution in [0, 0.1) is 13.8 Å². The van der Waals surface area contributed by atoms with Crippen LogP contribution < -0.4 is 5.32 Å². The Hall–Kier alpha value is -2.47. The number of aryl methyl sites for hydroxylation is 1. The van der Waals surface area contributed by atoms with Crippen LogP contribution in [0.15, 0.2) is 30.9 Å². The Kier molecular flexibility index (Phi) is 4.76. The lowest BCUT2D eigenvalue weighted by atomic mass is 10.2. The lowest BCUT2D eigenvalue weighted by Gasteiger charge is -2.11. The minimum atomic E-state index is 0.890. The Morgan fingerprint density at radius 2 is 2.04 bits per heavy atom. The molecule has 0 aliphatic rings. The Morgan fingerprint density at radius 1 is 1.21 bits per heavy atom. The smallest absolute Gasteiger partial charge is 0.150 e. The zero-order chi connectivity index (χ0) is 17.1. The van der Waals surface area contributed by atoms with Gasteiger partial charge in [0, 0.05) is 18.4 Å². The molecule has 0 radical (unpaired) electrons. The first-order chi connectivity index (χ1) is 11.6. The van der Waals surface area contributed by atoms with Crippen LogP contribution >= 0.6 is 0 Å². The van der Waals surface area contributed by atoms with Gasteiger partial charge in [0.2, 0.25) is 0 Å². The van der Waals surface area contributed by atoms with Crippen molar-refractivity contribution in [1.82, 2.24) is 24.4 Å². The van der Waals surface area contributed by atoms with Gasteiger partial charge < -0.3 is 10.2 Å². The van der Waals surface area contributed by atoms with Gasteiger partial charge in [0.1, 0.15) is 12.1 Å². The molecular formula is C18H24N6. The maximum atomic E-state index is 4.53. The van der Waals surface area contributed by atoms with Crippen molar-refractivity contribution in [2.45, 2.75) is 20.3 Å². The summed E-state index contributed by atoms with van der Waals surface area (Å²) in [5.74, 6) is 0.905. The van der Waals surface area contributed by atoms with Crippen molar-refractivity contribution >= 4 is 16.9 Å². The highest BCUT2D eigenvalue weighted by molar-refractivity contribution is 5.93. The molecule has 6 nitrogen and oxygen atoms in total. The predicted octanol–water partition coefficient (Wildman–Crippen LogP) is 2.80. The molecule has 0 aliphatic heterocycles. The van der Waals surface area contributed by atoms with Crippen molar-refractivity contribution in [3.05, 3.63) is 42.1 Å². The van der Waals surface area contributed by atoms with Crippen LogP contribution in [0.5, 0.6) is 0 Å².